The highest BCUT2D eigenvalue weighted by Gasteiger charge is 2.08. The lowest BCUT2D eigenvalue weighted by atomic mass is 10.1. The van der Waals surface area contributed by atoms with Crippen LogP contribution in [-0.2, 0) is 24.5 Å². The zero-order chi connectivity index (χ0) is 14.4. The molecule has 0 aliphatic carbocycles. The van der Waals surface area contributed by atoms with Gasteiger partial charge in [-0.25, -0.2) is 0 Å². The van der Waals surface area contributed by atoms with E-state index in [1.165, 1.54) is 16.0 Å². The van der Waals surface area contributed by atoms with Gasteiger partial charge in [0.15, 0.2) is 0 Å². The van der Waals surface area contributed by atoms with Gasteiger partial charge in [0.05, 0.1) is 13.2 Å². The normalized spacial score (nSPS) is 11.8. The zero-order valence-electron chi connectivity index (χ0n) is 12.5. The second-order valence-electron chi connectivity index (χ2n) is 5.99. The Morgan fingerprint density at radius 3 is 2.30 bits per heavy atom. The van der Waals surface area contributed by atoms with E-state index in [9.17, 15) is 0 Å². The van der Waals surface area contributed by atoms with E-state index in [1.807, 2.05) is 0 Å². The first-order valence-electron chi connectivity index (χ1n) is 6.96. The quantitative estimate of drug-likeness (QED) is 0.853. The molecule has 0 aliphatic heterocycles. The van der Waals surface area contributed by atoms with Crippen LogP contribution in [-0.4, -0.2) is 5.54 Å². The van der Waals surface area contributed by atoms with Crippen molar-refractivity contribution in [3.05, 3.63) is 57.8 Å². The predicted octanol–water partition coefficient (Wildman–Crippen LogP) is 4.35. The van der Waals surface area contributed by atoms with Crippen molar-refractivity contribution < 1.29 is 4.74 Å². The molecular formula is C17H23NOS. The van der Waals surface area contributed by atoms with Crippen LogP contribution in [0.15, 0.2) is 41.8 Å². The molecule has 2 nitrogen and oxygen atoms in total. The summed E-state index contributed by atoms with van der Waals surface area (Å²) < 4.78 is 5.71. The summed E-state index contributed by atoms with van der Waals surface area (Å²) in [5, 5.41) is 5.57. The molecule has 0 spiro atoms. The van der Waals surface area contributed by atoms with E-state index in [-0.39, 0.29) is 5.54 Å². The summed E-state index contributed by atoms with van der Waals surface area (Å²) in [7, 11) is 0. The van der Waals surface area contributed by atoms with E-state index < -0.39 is 0 Å². The van der Waals surface area contributed by atoms with Crippen molar-refractivity contribution in [3.63, 3.8) is 0 Å². The summed E-state index contributed by atoms with van der Waals surface area (Å²) in [4.78, 5) is 1.27. The fraction of sp³-hybridized carbons (Fsp3) is 0.412. The Morgan fingerprint density at radius 1 is 1.00 bits per heavy atom. The highest BCUT2D eigenvalue weighted by atomic mass is 32.1. The van der Waals surface area contributed by atoms with E-state index >= 15 is 0 Å². The first-order valence-corrected chi connectivity index (χ1v) is 7.84. The molecular weight excluding hydrogens is 266 g/mol. The molecule has 2 rings (SSSR count). The third kappa shape index (κ3) is 5.45. The summed E-state index contributed by atoms with van der Waals surface area (Å²) in [5.74, 6) is 0. The number of rotatable bonds is 6. The SMILES string of the molecule is CC(C)(C)NCc1ccc(COCc2cccs2)cc1. The zero-order valence-corrected chi connectivity index (χ0v) is 13.3. The van der Waals surface area contributed by atoms with Gasteiger partial charge >= 0.3 is 0 Å². The van der Waals surface area contributed by atoms with Crippen LogP contribution in [0, 0.1) is 0 Å². The van der Waals surface area contributed by atoms with Gasteiger partial charge in [0, 0.05) is 17.0 Å². The minimum Gasteiger partial charge on any atom is -0.371 e. The number of hydrogen-bond acceptors (Lipinski definition) is 3. The average molecular weight is 289 g/mol. The maximum absolute atomic E-state index is 5.71. The van der Waals surface area contributed by atoms with Gasteiger partial charge in [0.2, 0.25) is 0 Å². The average Bonchev–Trinajstić information content (AvgIpc) is 2.90. The Kier molecular flexibility index (Phi) is 5.35. The van der Waals surface area contributed by atoms with Crippen LogP contribution in [0.3, 0.4) is 0 Å². The van der Waals surface area contributed by atoms with E-state index in [0.29, 0.717) is 13.2 Å². The summed E-state index contributed by atoms with van der Waals surface area (Å²) in [6, 6.07) is 12.8. The van der Waals surface area contributed by atoms with Gasteiger partial charge in [-0.05, 0) is 43.3 Å². The van der Waals surface area contributed by atoms with Gasteiger partial charge in [-0.15, -0.1) is 11.3 Å². The summed E-state index contributed by atoms with van der Waals surface area (Å²) in [6.07, 6.45) is 0. The van der Waals surface area contributed by atoms with Crippen LogP contribution in [0.25, 0.3) is 0 Å². The van der Waals surface area contributed by atoms with Gasteiger partial charge in [0.25, 0.3) is 0 Å². The molecule has 0 amide bonds. The lowest BCUT2D eigenvalue weighted by Gasteiger charge is -2.20. The van der Waals surface area contributed by atoms with Crippen LogP contribution in [0.5, 0.6) is 0 Å². The number of ether oxygens (including phenoxy) is 1. The van der Waals surface area contributed by atoms with Crippen molar-refractivity contribution in [2.45, 2.75) is 46.1 Å². The third-order valence-corrected chi connectivity index (χ3v) is 3.79. The summed E-state index contributed by atoms with van der Waals surface area (Å²) in [6.45, 7) is 8.81. The van der Waals surface area contributed by atoms with E-state index in [1.54, 1.807) is 11.3 Å². The topological polar surface area (TPSA) is 21.3 Å². The van der Waals surface area contributed by atoms with Crippen molar-refractivity contribution >= 4 is 11.3 Å². The summed E-state index contributed by atoms with van der Waals surface area (Å²) >= 11 is 1.74. The van der Waals surface area contributed by atoms with E-state index in [4.69, 9.17) is 4.74 Å². The molecule has 0 aliphatic rings. The van der Waals surface area contributed by atoms with Crippen LogP contribution in [0.2, 0.25) is 0 Å². The summed E-state index contributed by atoms with van der Waals surface area (Å²) in [5.41, 5.74) is 2.69. The number of nitrogens with one attached hydrogen (secondary N) is 1. The molecule has 0 unspecified atom stereocenters. The molecule has 20 heavy (non-hydrogen) atoms. The number of hydrogen-bond donors (Lipinski definition) is 1. The first-order chi connectivity index (χ1) is 9.53. The molecule has 1 heterocycles. The Bertz CT molecular complexity index is 497. The second kappa shape index (κ2) is 7.02. The van der Waals surface area contributed by atoms with Gasteiger partial charge in [-0.1, -0.05) is 30.3 Å². The molecule has 0 atom stereocenters. The van der Waals surface area contributed by atoms with Gasteiger partial charge in [-0.3, -0.25) is 0 Å². The van der Waals surface area contributed by atoms with Gasteiger partial charge in [-0.2, -0.15) is 0 Å². The van der Waals surface area contributed by atoms with Gasteiger partial charge in [0.1, 0.15) is 0 Å². The lowest BCUT2D eigenvalue weighted by Crippen LogP contribution is -2.35. The van der Waals surface area contributed by atoms with Crippen LogP contribution < -0.4 is 5.32 Å². The highest BCUT2D eigenvalue weighted by Crippen LogP contribution is 2.12. The van der Waals surface area contributed by atoms with Crippen molar-refractivity contribution in [1.82, 2.24) is 5.32 Å². The second-order valence-corrected chi connectivity index (χ2v) is 7.02. The van der Waals surface area contributed by atoms with Crippen molar-refractivity contribution in [1.29, 1.82) is 0 Å². The molecule has 2 aromatic rings. The predicted molar refractivity (Wildman–Crippen MR) is 85.8 cm³/mol. The molecule has 108 valence electrons. The molecule has 3 heteroatoms. The Hall–Kier alpha value is -1.16. The van der Waals surface area contributed by atoms with Crippen LogP contribution in [0.4, 0.5) is 0 Å². The van der Waals surface area contributed by atoms with Crippen LogP contribution in [0.1, 0.15) is 36.8 Å². The standard InChI is InChI=1S/C17H23NOS/c1-17(2,3)18-11-14-6-8-15(9-7-14)12-19-13-16-5-4-10-20-16/h4-10,18H,11-13H2,1-3H3. The Morgan fingerprint density at radius 2 is 1.70 bits per heavy atom. The molecule has 0 radical (unpaired) electrons. The minimum absolute atomic E-state index is 0.155. The molecule has 1 N–H and O–H groups in total. The Balaban J connectivity index is 1.76. The third-order valence-electron chi connectivity index (χ3n) is 2.94. The maximum atomic E-state index is 5.71. The number of benzene rings is 1. The molecule has 0 saturated carbocycles. The molecule has 1 aromatic heterocycles. The fourth-order valence-corrected chi connectivity index (χ4v) is 2.43. The minimum atomic E-state index is 0.155. The van der Waals surface area contributed by atoms with E-state index in [2.05, 4.69) is 67.9 Å². The number of thiophene rings is 1. The van der Waals surface area contributed by atoms with Crippen molar-refractivity contribution in [2.24, 2.45) is 0 Å². The highest BCUT2D eigenvalue weighted by molar-refractivity contribution is 7.09. The molecule has 0 fully saturated rings. The molecule has 0 bridgehead atoms. The van der Waals surface area contributed by atoms with Crippen molar-refractivity contribution in [3.8, 4) is 0 Å². The smallest absolute Gasteiger partial charge is 0.0813 e. The van der Waals surface area contributed by atoms with Crippen LogP contribution >= 0.6 is 11.3 Å². The van der Waals surface area contributed by atoms with Gasteiger partial charge < -0.3 is 10.1 Å². The fourth-order valence-electron chi connectivity index (χ4n) is 1.78. The molecule has 0 saturated heterocycles. The largest absolute Gasteiger partial charge is 0.371 e. The van der Waals surface area contributed by atoms with E-state index in [0.717, 1.165) is 6.54 Å². The van der Waals surface area contributed by atoms with Crippen molar-refractivity contribution in [2.75, 3.05) is 0 Å². The lowest BCUT2D eigenvalue weighted by molar-refractivity contribution is 0.109. The maximum Gasteiger partial charge on any atom is 0.0813 e. The molecule has 1 aromatic carbocycles. The monoisotopic (exact) mass is 289 g/mol. The first kappa shape index (κ1) is 15.2. The Labute approximate surface area is 125 Å².